The summed E-state index contributed by atoms with van der Waals surface area (Å²) < 4.78 is 56.7. The van der Waals surface area contributed by atoms with Crippen molar-refractivity contribution in [3.8, 4) is 5.75 Å². The molecule has 0 bridgehead atoms. The molecule has 1 amide bonds. The first-order valence-corrected chi connectivity index (χ1v) is 18.5. The summed E-state index contributed by atoms with van der Waals surface area (Å²) in [7, 11) is -3.53. The van der Waals surface area contributed by atoms with E-state index in [4.69, 9.17) is 23.7 Å². The van der Waals surface area contributed by atoms with E-state index >= 15 is 0 Å². The molecule has 0 saturated carbocycles. The first kappa shape index (κ1) is 35.6. The van der Waals surface area contributed by atoms with Crippen LogP contribution in [0.2, 0.25) is 0 Å². The Kier molecular flexibility index (Phi) is 12.9. The second kappa shape index (κ2) is 17.1. The minimum atomic E-state index is -3.53. The van der Waals surface area contributed by atoms with E-state index in [1.165, 1.54) is 0 Å². The van der Waals surface area contributed by atoms with Crippen LogP contribution in [0.25, 0.3) is 0 Å². The fourth-order valence-electron chi connectivity index (χ4n) is 6.03. The Bertz CT molecular complexity index is 1410. The van der Waals surface area contributed by atoms with Crippen LogP contribution in [-0.4, -0.2) is 95.8 Å². The number of carbonyl (C=O) groups excluding carboxylic acids is 1. The van der Waals surface area contributed by atoms with Crippen molar-refractivity contribution in [1.82, 2.24) is 14.5 Å². The van der Waals surface area contributed by atoms with E-state index in [1.54, 1.807) is 17.0 Å². The van der Waals surface area contributed by atoms with Crippen LogP contribution < -0.4 is 9.46 Å². The SMILES string of the molecule is CC1(C)OCc2cc(C3CN(CCCCCCOCCCCc4cccc(S(=O)(=O)NCCN5CCOCC5)c4)C(=O)O3)ccc2O1. The number of nitrogens with zero attached hydrogens (tertiary/aromatic N) is 2. The number of unbranched alkanes of at least 4 members (excludes halogenated alkanes) is 4. The monoisotopic (exact) mass is 673 g/mol. The highest BCUT2D eigenvalue weighted by Gasteiger charge is 2.33. The topological polar surface area (TPSA) is 116 Å². The molecular weight excluding hydrogens is 622 g/mol. The highest BCUT2D eigenvalue weighted by Crippen LogP contribution is 2.35. The summed E-state index contributed by atoms with van der Waals surface area (Å²) in [6, 6.07) is 13.2. The van der Waals surface area contributed by atoms with Gasteiger partial charge in [0.05, 0.1) is 31.3 Å². The summed E-state index contributed by atoms with van der Waals surface area (Å²) in [6.45, 7) is 11.1. The van der Waals surface area contributed by atoms with Gasteiger partial charge in [-0.25, -0.2) is 17.9 Å². The number of aryl methyl sites for hydroxylation is 1. The molecule has 0 aliphatic carbocycles. The van der Waals surface area contributed by atoms with E-state index in [0.717, 1.165) is 87.1 Å². The quantitative estimate of drug-likeness (QED) is 0.218. The summed E-state index contributed by atoms with van der Waals surface area (Å²) in [5.74, 6) is 0.179. The van der Waals surface area contributed by atoms with Gasteiger partial charge in [-0.15, -0.1) is 0 Å². The fourth-order valence-corrected chi connectivity index (χ4v) is 7.12. The fraction of sp³-hybridized carbons (Fsp3) is 0.629. The van der Waals surface area contributed by atoms with Crippen LogP contribution >= 0.6 is 0 Å². The molecule has 0 radical (unpaired) electrons. The number of fused-ring (bicyclic) bond motifs is 1. The maximum absolute atomic E-state index is 12.8. The maximum Gasteiger partial charge on any atom is 0.410 e. The third-order valence-electron chi connectivity index (χ3n) is 8.78. The minimum absolute atomic E-state index is 0.255. The molecular formula is C35H51N3O8S. The number of carbonyl (C=O) groups is 1. The number of hydrogen-bond acceptors (Lipinski definition) is 9. The second-order valence-corrected chi connectivity index (χ2v) is 14.7. The molecule has 3 aliphatic rings. The van der Waals surface area contributed by atoms with Gasteiger partial charge >= 0.3 is 6.09 Å². The van der Waals surface area contributed by atoms with Crippen molar-refractivity contribution in [3.63, 3.8) is 0 Å². The number of nitrogens with one attached hydrogen (secondary N) is 1. The van der Waals surface area contributed by atoms with Crippen molar-refractivity contribution >= 4 is 16.1 Å². The van der Waals surface area contributed by atoms with Gasteiger partial charge in [0.15, 0.2) is 0 Å². The predicted octanol–water partition coefficient (Wildman–Crippen LogP) is 5.04. The van der Waals surface area contributed by atoms with E-state index in [9.17, 15) is 13.2 Å². The second-order valence-electron chi connectivity index (χ2n) is 13.0. The van der Waals surface area contributed by atoms with E-state index < -0.39 is 15.8 Å². The van der Waals surface area contributed by atoms with Gasteiger partial charge in [-0.05, 0) is 67.5 Å². The van der Waals surface area contributed by atoms with Crippen molar-refractivity contribution in [2.24, 2.45) is 0 Å². The standard InChI is InChI=1S/C35H51N3O8S/c1-35(2)44-27-30-25-29(13-14-32(30)46-35)33-26-38(34(39)45-33)16-6-3-4-7-20-42-21-8-5-10-28-11-9-12-31(24-28)47(40,41)36-15-17-37-18-22-43-23-19-37/h9,11-14,24-25,33,36H,3-8,10,15-23,26-27H2,1-2H3. The number of sulfonamides is 1. The third-order valence-corrected chi connectivity index (χ3v) is 10.2. The molecule has 2 aromatic rings. The first-order valence-electron chi connectivity index (χ1n) is 17.1. The van der Waals surface area contributed by atoms with E-state index in [2.05, 4.69) is 9.62 Å². The molecule has 5 rings (SSSR count). The van der Waals surface area contributed by atoms with Crippen molar-refractivity contribution in [2.75, 3.05) is 65.7 Å². The Balaban J connectivity index is 0.888. The third kappa shape index (κ3) is 10.9. The summed E-state index contributed by atoms with van der Waals surface area (Å²) in [4.78, 5) is 16.8. The summed E-state index contributed by atoms with van der Waals surface area (Å²) >= 11 is 0. The first-order chi connectivity index (χ1) is 22.7. The predicted molar refractivity (Wildman–Crippen MR) is 178 cm³/mol. The van der Waals surface area contributed by atoms with Gasteiger partial charge in [-0.2, -0.15) is 0 Å². The zero-order chi connectivity index (χ0) is 33.1. The Labute approximate surface area is 279 Å². The van der Waals surface area contributed by atoms with Crippen molar-refractivity contribution in [3.05, 3.63) is 59.2 Å². The van der Waals surface area contributed by atoms with Crippen LogP contribution in [0.3, 0.4) is 0 Å². The van der Waals surface area contributed by atoms with E-state index in [0.29, 0.717) is 57.5 Å². The van der Waals surface area contributed by atoms with Gasteiger partial charge in [-0.3, -0.25) is 4.90 Å². The van der Waals surface area contributed by atoms with Gasteiger partial charge in [0, 0.05) is 65.3 Å². The highest BCUT2D eigenvalue weighted by molar-refractivity contribution is 7.89. The average molecular weight is 674 g/mol. The number of rotatable bonds is 18. The highest BCUT2D eigenvalue weighted by atomic mass is 32.2. The van der Waals surface area contributed by atoms with Crippen LogP contribution in [0.1, 0.15) is 75.2 Å². The lowest BCUT2D eigenvalue weighted by Gasteiger charge is -2.32. The maximum atomic E-state index is 12.8. The molecule has 2 saturated heterocycles. The Morgan fingerprint density at radius 1 is 0.957 bits per heavy atom. The van der Waals surface area contributed by atoms with Crippen LogP contribution in [0.5, 0.6) is 5.75 Å². The molecule has 1 N–H and O–H groups in total. The smallest absolute Gasteiger partial charge is 0.410 e. The Morgan fingerprint density at radius 3 is 2.57 bits per heavy atom. The number of amides is 1. The Hall–Kier alpha value is -2.74. The molecule has 0 aromatic heterocycles. The molecule has 3 heterocycles. The number of hydrogen-bond donors (Lipinski definition) is 1. The molecule has 2 fully saturated rings. The molecule has 11 nitrogen and oxygen atoms in total. The lowest BCUT2D eigenvalue weighted by molar-refractivity contribution is -0.180. The van der Waals surface area contributed by atoms with Crippen LogP contribution in [-0.2, 0) is 42.0 Å². The number of cyclic esters (lactones) is 1. The Morgan fingerprint density at radius 2 is 1.74 bits per heavy atom. The van der Waals surface area contributed by atoms with Crippen molar-refractivity contribution in [2.45, 2.75) is 82.2 Å². The van der Waals surface area contributed by atoms with Gasteiger partial charge in [0.2, 0.25) is 15.8 Å². The minimum Gasteiger partial charge on any atom is -0.463 e. The van der Waals surface area contributed by atoms with Gasteiger partial charge in [0.1, 0.15) is 11.9 Å². The molecule has 2 aromatic carbocycles. The number of benzene rings is 2. The molecule has 260 valence electrons. The van der Waals surface area contributed by atoms with Crippen molar-refractivity contribution < 1.29 is 36.9 Å². The number of morpholine rings is 1. The average Bonchev–Trinajstić information content (AvgIpc) is 3.43. The summed E-state index contributed by atoms with van der Waals surface area (Å²) in [6.07, 6.45) is 6.14. The van der Waals surface area contributed by atoms with Crippen molar-refractivity contribution in [1.29, 1.82) is 0 Å². The lowest BCUT2D eigenvalue weighted by Crippen LogP contribution is -2.41. The van der Waals surface area contributed by atoms with E-state index in [-0.39, 0.29) is 12.2 Å². The lowest BCUT2D eigenvalue weighted by atomic mass is 10.0. The normalized spacial score (nSPS) is 19.7. The molecule has 3 aliphatic heterocycles. The zero-order valence-electron chi connectivity index (χ0n) is 27.9. The molecule has 0 spiro atoms. The number of ether oxygens (including phenoxy) is 5. The van der Waals surface area contributed by atoms with Gasteiger partial charge < -0.3 is 28.6 Å². The summed E-state index contributed by atoms with van der Waals surface area (Å²) in [5.41, 5.74) is 2.96. The van der Waals surface area contributed by atoms with Crippen LogP contribution in [0.4, 0.5) is 4.79 Å². The molecule has 12 heteroatoms. The van der Waals surface area contributed by atoms with E-state index in [1.807, 2.05) is 44.2 Å². The van der Waals surface area contributed by atoms with Gasteiger partial charge in [-0.1, -0.05) is 31.0 Å². The summed E-state index contributed by atoms with van der Waals surface area (Å²) in [5, 5.41) is 0. The zero-order valence-corrected chi connectivity index (χ0v) is 28.7. The van der Waals surface area contributed by atoms with Crippen LogP contribution in [0.15, 0.2) is 47.4 Å². The van der Waals surface area contributed by atoms with Crippen LogP contribution in [0, 0.1) is 0 Å². The van der Waals surface area contributed by atoms with Gasteiger partial charge in [0.25, 0.3) is 0 Å². The molecule has 1 atom stereocenters. The largest absolute Gasteiger partial charge is 0.463 e. The molecule has 47 heavy (non-hydrogen) atoms. The molecule has 1 unspecified atom stereocenters.